The van der Waals surface area contributed by atoms with Gasteiger partial charge in [0.1, 0.15) is 5.76 Å². The minimum absolute atomic E-state index is 0.181. The summed E-state index contributed by atoms with van der Waals surface area (Å²) in [5.41, 5.74) is 0.242. The maximum absolute atomic E-state index is 12.2. The van der Waals surface area contributed by atoms with Gasteiger partial charge in [-0.3, -0.25) is 9.59 Å². The molecule has 4 nitrogen and oxygen atoms in total. The molecule has 0 aromatic carbocycles. The number of furan rings is 1. The van der Waals surface area contributed by atoms with E-state index in [-0.39, 0.29) is 11.3 Å². The van der Waals surface area contributed by atoms with E-state index in [0.29, 0.717) is 36.7 Å². The molecule has 20 heavy (non-hydrogen) atoms. The maximum atomic E-state index is 12.2. The van der Waals surface area contributed by atoms with E-state index in [2.05, 4.69) is 20.8 Å². The number of amides is 1. The third-order valence-electron chi connectivity index (χ3n) is 4.18. The van der Waals surface area contributed by atoms with Gasteiger partial charge in [0, 0.05) is 13.0 Å². The summed E-state index contributed by atoms with van der Waals surface area (Å²) in [7, 11) is 0. The Balaban J connectivity index is 2.01. The molecule has 2 heterocycles. The van der Waals surface area contributed by atoms with Gasteiger partial charge < -0.3 is 9.32 Å². The molecule has 1 atom stereocenters. The SMILES string of the molecule is CC(C)(C)C1CCC(=O)N(Cc2ccc(C=O)o2)CC1. The predicted molar refractivity (Wildman–Crippen MR) is 76.3 cm³/mol. The van der Waals surface area contributed by atoms with Gasteiger partial charge in [0.05, 0.1) is 6.54 Å². The smallest absolute Gasteiger partial charge is 0.222 e. The number of nitrogens with zero attached hydrogens (tertiary/aromatic N) is 1. The van der Waals surface area contributed by atoms with Gasteiger partial charge in [0.25, 0.3) is 0 Å². The van der Waals surface area contributed by atoms with Crippen LogP contribution in [0.3, 0.4) is 0 Å². The van der Waals surface area contributed by atoms with Crippen LogP contribution in [0, 0.1) is 11.3 Å². The second kappa shape index (κ2) is 5.81. The van der Waals surface area contributed by atoms with Gasteiger partial charge in [-0.25, -0.2) is 0 Å². The first-order valence-electron chi connectivity index (χ1n) is 7.22. The van der Waals surface area contributed by atoms with E-state index in [1.54, 1.807) is 12.1 Å². The fourth-order valence-electron chi connectivity index (χ4n) is 2.80. The van der Waals surface area contributed by atoms with Crippen molar-refractivity contribution in [2.24, 2.45) is 11.3 Å². The molecule has 1 fully saturated rings. The summed E-state index contributed by atoms with van der Waals surface area (Å²) in [5.74, 6) is 1.74. The predicted octanol–water partition coefficient (Wildman–Crippen LogP) is 3.27. The summed E-state index contributed by atoms with van der Waals surface area (Å²) < 4.78 is 5.36. The molecule has 0 N–H and O–H groups in total. The molecule has 1 aliphatic rings. The van der Waals surface area contributed by atoms with Gasteiger partial charge in [-0.05, 0) is 36.3 Å². The molecule has 0 spiro atoms. The second-order valence-corrected chi connectivity index (χ2v) is 6.63. The summed E-state index contributed by atoms with van der Waals surface area (Å²) in [6.07, 6.45) is 3.26. The Labute approximate surface area is 120 Å². The molecule has 2 rings (SSSR count). The van der Waals surface area contributed by atoms with Crippen LogP contribution in [0.25, 0.3) is 0 Å². The van der Waals surface area contributed by atoms with E-state index in [4.69, 9.17) is 4.42 Å². The van der Waals surface area contributed by atoms with Crippen molar-refractivity contribution < 1.29 is 14.0 Å². The third kappa shape index (κ3) is 3.50. The lowest BCUT2D eigenvalue weighted by Crippen LogP contribution is -2.30. The maximum Gasteiger partial charge on any atom is 0.222 e. The molecule has 1 aromatic heterocycles. The lowest BCUT2D eigenvalue weighted by molar-refractivity contribution is -0.131. The van der Waals surface area contributed by atoms with Crippen molar-refractivity contribution in [2.45, 2.75) is 46.6 Å². The van der Waals surface area contributed by atoms with Crippen molar-refractivity contribution in [3.8, 4) is 0 Å². The minimum Gasteiger partial charge on any atom is -0.456 e. The first-order valence-corrected chi connectivity index (χ1v) is 7.22. The Morgan fingerprint density at radius 1 is 1.35 bits per heavy atom. The van der Waals surface area contributed by atoms with E-state index in [1.807, 2.05) is 4.90 Å². The monoisotopic (exact) mass is 277 g/mol. The van der Waals surface area contributed by atoms with Crippen molar-refractivity contribution in [3.63, 3.8) is 0 Å². The van der Waals surface area contributed by atoms with E-state index in [0.717, 1.165) is 19.4 Å². The topological polar surface area (TPSA) is 50.5 Å². The quantitative estimate of drug-likeness (QED) is 0.797. The molecule has 0 aliphatic carbocycles. The number of aldehydes is 1. The Morgan fingerprint density at radius 2 is 2.10 bits per heavy atom. The largest absolute Gasteiger partial charge is 0.456 e. The minimum atomic E-state index is 0.181. The van der Waals surface area contributed by atoms with Crippen molar-refractivity contribution in [1.82, 2.24) is 4.90 Å². The lowest BCUT2D eigenvalue weighted by Gasteiger charge is -2.29. The first kappa shape index (κ1) is 14.8. The van der Waals surface area contributed by atoms with Gasteiger partial charge in [0.2, 0.25) is 5.91 Å². The molecular weight excluding hydrogens is 254 g/mol. The lowest BCUT2D eigenvalue weighted by atomic mass is 9.77. The van der Waals surface area contributed by atoms with Gasteiger partial charge in [-0.1, -0.05) is 20.8 Å². The number of rotatable bonds is 3. The fraction of sp³-hybridized carbons (Fsp3) is 0.625. The molecule has 4 heteroatoms. The van der Waals surface area contributed by atoms with E-state index in [9.17, 15) is 9.59 Å². The highest BCUT2D eigenvalue weighted by Gasteiger charge is 2.30. The van der Waals surface area contributed by atoms with Crippen LogP contribution in [0.4, 0.5) is 0 Å². The zero-order valence-corrected chi connectivity index (χ0v) is 12.5. The molecule has 1 aromatic rings. The van der Waals surface area contributed by atoms with Gasteiger partial charge >= 0.3 is 0 Å². The molecule has 110 valence electrons. The van der Waals surface area contributed by atoms with E-state index in [1.165, 1.54) is 0 Å². The number of hydrogen-bond acceptors (Lipinski definition) is 3. The van der Waals surface area contributed by atoms with Crippen LogP contribution < -0.4 is 0 Å². The highest BCUT2D eigenvalue weighted by atomic mass is 16.3. The molecule has 0 saturated carbocycles. The molecular formula is C16H23NO3. The van der Waals surface area contributed by atoms with Crippen LogP contribution in [-0.2, 0) is 11.3 Å². The van der Waals surface area contributed by atoms with Gasteiger partial charge in [-0.2, -0.15) is 0 Å². The summed E-state index contributed by atoms with van der Waals surface area (Å²) in [6, 6.07) is 3.41. The molecule has 1 saturated heterocycles. The van der Waals surface area contributed by atoms with Crippen LogP contribution in [0.15, 0.2) is 16.5 Å². The first-order chi connectivity index (χ1) is 9.40. The van der Waals surface area contributed by atoms with Crippen LogP contribution in [-0.4, -0.2) is 23.6 Å². The fourth-order valence-corrected chi connectivity index (χ4v) is 2.80. The van der Waals surface area contributed by atoms with Crippen molar-refractivity contribution in [1.29, 1.82) is 0 Å². The second-order valence-electron chi connectivity index (χ2n) is 6.63. The van der Waals surface area contributed by atoms with Crippen molar-refractivity contribution >= 4 is 12.2 Å². The number of likely N-dealkylation sites (tertiary alicyclic amines) is 1. The van der Waals surface area contributed by atoms with Crippen molar-refractivity contribution in [2.75, 3.05) is 6.54 Å². The van der Waals surface area contributed by atoms with Gasteiger partial charge in [-0.15, -0.1) is 0 Å². The average molecular weight is 277 g/mol. The molecule has 1 amide bonds. The zero-order chi connectivity index (χ0) is 14.8. The summed E-state index contributed by atoms with van der Waals surface area (Å²) in [4.78, 5) is 24.6. The van der Waals surface area contributed by atoms with Crippen molar-refractivity contribution in [3.05, 3.63) is 23.7 Å². The molecule has 1 aliphatic heterocycles. The summed E-state index contributed by atoms with van der Waals surface area (Å²) >= 11 is 0. The number of carbonyl (C=O) groups is 2. The Bertz CT molecular complexity index is 484. The molecule has 0 bridgehead atoms. The molecule has 1 unspecified atom stereocenters. The number of hydrogen-bond donors (Lipinski definition) is 0. The highest BCUT2D eigenvalue weighted by Crippen LogP contribution is 2.34. The van der Waals surface area contributed by atoms with Crippen LogP contribution in [0.1, 0.15) is 56.3 Å². The van der Waals surface area contributed by atoms with Gasteiger partial charge in [0.15, 0.2) is 12.0 Å². The summed E-state index contributed by atoms with van der Waals surface area (Å²) in [5, 5.41) is 0. The van der Waals surface area contributed by atoms with Crippen LogP contribution in [0.5, 0.6) is 0 Å². The molecule has 0 radical (unpaired) electrons. The zero-order valence-electron chi connectivity index (χ0n) is 12.5. The van der Waals surface area contributed by atoms with E-state index < -0.39 is 0 Å². The number of carbonyl (C=O) groups excluding carboxylic acids is 2. The summed E-state index contributed by atoms with van der Waals surface area (Å²) in [6.45, 7) is 7.93. The van der Waals surface area contributed by atoms with Crippen LogP contribution in [0.2, 0.25) is 0 Å². The van der Waals surface area contributed by atoms with Crippen LogP contribution >= 0.6 is 0 Å². The average Bonchev–Trinajstić information content (AvgIpc) is 2.74. The standard InChI is InChI=1S/C16H23NO3/c1-16(2,3)12-4-7-15(19)17(9-8-12)10-13-5-6-14(11-18)20-13/h5-6,11-12H,4,7-10H2,1-3H3. The Kier molecular flexibility index (Phi) is 4.31. The van der Waals surface area contributed by atoms with E-state index >= 15 is 0 Å². The third-order valence-corrected chi connectivity index (χ3v) is 4.18. The highest BCUT2D eigenvalue weighted by molar-refractivity contribution is 5.76. The Morgan fingerprint density at radius 3 is 2.70 bits per heavy atom. The Hall–Kier alpha value is -1.58. The normalized spacial score (nSPS) is 20.9.